The van der Waals surface area contributed by atoms with Gasteiger partial charge in [0.25, 0.3) is 0 Å². The molecule has 0 fully saturated rings. The summed E-state index contributed by atoms with van der Waals surface area (Å²) < 4.78 is 1.36. The minimum Gasteiger partial charge on any atom is -0.135 e. The third-order valence-electron chi connectivity index (χ3n) is 13.1. The van der Waals surface area contributed by atoms with Gasteiger partial charge in [0.2, 0.25) is 0 Å². The topological polar surface area (TPSA) is 0 Å². The van der Waals surface area contributed by atoms with E-state index in [4.69, 9.17) is 0 Å². The molecule has 0 amide bonds. The second-order valence-electron chi connectivity index (χ2n) is 15.5. The maximum atomic E-state index is 2.57. The van der Waals surface area contributed by atoms with E-state index in [9.17, 15) is 0 Å². The maximum absolute atomic E-state index is 2.57. The van der Waals surface area contributed by atoms with E-state index < -0.39 is 0 Å². The third kappa shape index (κ3) is 3.54. The number of hydrogen-bond donors (Lipinski definition) is 0. The molecule has 0 N–H and O–H groups in total. The van der Waals surface area contributed by atoms with Crippen molar-refractivity contribution in [1.29, 1.82) is 0 Å². The SMILES string of the molecule is C1=CC2=CC(c3ccc4c(c3)C3(c5ccccc5-4)c4ccccc4-c4sc5ccccc5c43)=C3C=CC=C4C=C(c5cccc6ccccc56)C(=C1)C2C43. The highest BCUT2D eigenvalue weighted by Crippen LogP contribution is 2.66. The van der Waals surface area contributed by atoms with Gasteiger partial charge >= 0.3 is 0 Å². The van der Waals surface area contributed by atoms with Crippen LogP contribution in [0.25, 0.3) is 53.6 Å². The molecular formula is C53H32S. The van der Waals surface area contributed by atoms with E-state index in [1.165, 1.54) is 109 Å². The second kappa shape index (κ2) is 10.4. The zero-order chi connectivity index (χ0) is 35.1. The molecule has 1 spiro atoms. The van der Waals surface area contributed by atoms with E-state index in [1.54, 1.807) is 0 Å². The molecule has 6 aliphatic carbocycles. The summed E-state index contributed by atoms with van der Waals surface area (Å²) in [5.41, 5.74) is 20.3. The lowest BCUT2D eigenvalue weighted by atomic mass is 9.60. The fourth-order valence-electron chi connectivity index (χ4n) is 11.0. The highest BCUT2D eigenvalue weighted by atomic mass is 32.1. The Morgan fingerprint density at radius 3 is 2.17 bits per heavy atom. The minimum absolute atomic E-state index is 0.277. The Balaban J connectivity index is 1.04. The van der Waals surface area contributed by atoms with Crippen LogP contribution in [0.3, 0.4) is 0 Å². The predicted octanol–water partition coefficient (Wildman–Crippen LogP) is 13.4. The Bertz CT molecular complexity index is 3100. The lowest BCUT2D eigenvalue weighted by Gasteiger charge is -2.43. The molecule has 0 radical (unpaired) electrons. The van der Waals surface area contributed by atoms with Crippen molar-refractivity contribution in [3.63, 3.8) is 0 Å². The maximum Gasteiger partial charge on any atom is 0.0740 e. The molecule has 0 aliphatic heterocycles. The summed E-state index contributed by atoms with van der Waals surface area (Å²) in [6, 6.07) is 50.4. The van der Waals surface area contributed by atoms with Crippen LogP contribution in [0.1, 0.15) is 33.4 Å². The van der Waals surface area contributed by atoms with Crippen molar-refractivity contribution in [2.75, 3.05) is 0 Å². The van der Waals surface area contributed by atoms with Crippen molar-refractivity contribution in [3.8, 4) is 21.6 Å². The largest absolute Gasteiger partial charge is 0.135 e. The molecular weight excluding hydrogens is 669 g/mol. The van der Waals surface area contributed by atoms with Crippen LogP contribution >= 0.6 is 11.3 Å². The summed E-state index contributed by atoms with van der Waals surface area (Å²) in [5, 5.41) is 3.97. The standard InChI is InChI=1S/C53H32S/c1-2-16-35-31(12-1)13-9-20-36(35)44-29-34-15-10-21-39-43(28-33-14-11-22-40(44)50(33)49(34)39)32-26-27-38-37-17-3-6-23-45(37)53(47(38)30-32)46-24-7-4-18-41(46)52-51(53)42-19-5-8-25-48(42)54-52/h1-30,49-50H. The molecule has 0 saturated carbocycles. The van der Waals surface area contributed by atoms with Crippen LogP contribution in [-0.2, 0) is 5.41 Å². The minimum atomic E-state index is -0.377. The molecule has 1 aromatic heterocycles. The van der Waals surface area contributed by atoms with Crippen molar-refractivity contribution in [2.45, 2.75) is 5.41 Å². The lowest BCUT2D eigenvalue weighted by molar-refractivity contribution is 0.571. The van der Waals surface area contributed by atoms with Crippen molar-refractivity contribution < 1.29 is 0 Å². The monoisotopic (exact) mass is 700 g/mol. The molecule has 0 saturated heterocycles. The predicted molar refractivity (Wildman–Crippen MR) is 226 cm³/mol. The first-order valence-corrected chi connectivity index (χ1v) is 19.9. The lowest BCUT2D eigenvalue weighted by Crippen LogP contribution is -2.31. The van der Waals surface area contributed by atoms with Crippen molar-refractivity contribution in [3.05, 3.63) is 238 Å². The van der Waals surface area contributed by atoms with Gasteiger partial charge in [0.15, 0.2) is 0 Å². The average Bonchev–Trinajstić information content (AvgIpc) is 3.86. The van der Waals surface area contributed by atoms with Gasteiger partial charge < -0.3 is 0 Å². The van der Waals surface area contributed by atoms with Crippen LogP contribution in [0.15, 0.2) is 204 Å². The van der Waals surface area contributed by atoms with Crippen LogP contribution in [0, 0.1) is 11.8 Å². The second-order valence-corrected chi connectivity index (χ2v) is 16.5. The van der Waals surface area contributed by atoms with Crippen molar-refractivity contribution >= 4 is 43.3 Å². The molecule has 1 heteroatoms. The van der Waals surface area contributed by atoms with E-state index in [0.717, 1.165) is 0 Å². The normalized spacial score (nSPS) is 22.0. The fourth-order valence-corrected chi connectivity index (χ4v) is 12.3. The van der Waals surface area contributed by atoms with E-state index >= 15 is 0 Å². The first kappa shape index (κ1) is 29.2. The van der Waals surface area contributed by atoms with E-state index in [1.807, 2.05) is 11.3 Å². The van der Waals surface area contributed by atoms with Gasteiger partial charge in [-0.2, -0.15) is 0 Å². The molecule has 0 nitrogen and oxygen atoms in total. The molecule has 6 aromatic carbocycles. The first-order chi connectivity index (χ1) is 26.8. The Morgan fingerprint density at radius 1 is 0.519 bits per heavy atom. The Hall–Kier alpha value is -6.28. The highest BCUT2D eigenvalue weighted by molar-refractivity contribution is 7.22. The summed E-state index contributed by atoms with van der Waals surface area (Å²) in [5.74, 6) is 0.564. The van der Waals surface area contributed by atoms with E-state index in [2.05, 4.69) is 182 Å². The quantitative estimate of drug-likeness (QED) is 0.168. The van der Waals surface area contributed by atoms with Gasteiger partial charge in [0, 0.05) is 21.4 Å². The van der Waals surface area contributed by atoms with Gasteiger partial charge in [0.1, 0.15) is 0 Å². The van der Waals surface area contributed by atoms with Crippen molar-refractivity contribution in [2.24, 2.45) is 11.8 Å². The molecule has 13 rings (SSSR count). The third-order valence-corrected chi connectivity index (χ3v) is 14.3. The molecule has 54 heavy (non-hydrogen) atoms. The average molecular weight is 701 g/mol. The van der Waals surface area contributed by atoms with Crippen LogP contribution in [0.4, 0.5) is 0 Å². The number of hydrogen-bond acceptors (Lipinski definition) is 1. The molecule has 3 unspecified atom stereocenters. The molecule has 1 heterocycles. The van der Waals surface area contributed by atoms with Crippen LogP contribution < -0.4 is 0 Å². The summed E-state index contributed by atoms with van der Waals surface area (Å²) >= 11 is 1.95. The van der Waals surface area contributed by atoms with Crippen molar-refractivity contribution in [1.82, 2.24) is 0 Å². The van der Waals surface area contributed by atoms with Gasteiger partial charge in [-0.25, -0.2) is 0 Å². The zero-order valence-electron chi connectivity index (χ0n) is 29.4. The Morgan fingerprint density at radius 2 is 1.24 bits per heavy atom. The summed E-state index contributed by atoms with van der Waals surface area (Å²) in [6.07, 6.45) is 19.1. The molecule has 0 bridgehead atoms. The summed E-state index contributed by atoms with van der Waals surface area (Å²) in [6.45, 7) is 0. The number of thiophene rings is 1. The number of rotatable bonds is 2. The van der Waals surface area contributed by atoms with Gasteiger partial charge in [0.05, 0.1) is 5.41 Å². The van der Waals surface area contributed by atoms with Crippen LogP contribution in [0.2, 0.25) is 0 Å². The summed E-state index contributed by atoms with van der Waals surface area (Å²) in [4.78, 5) is 1.41. The van der Waals surface area contributed by atoms with Crippen LogP contribution in [-0.4, -0.2) is 0 Å². The van der Waals surface area contributed by atoms with Gasteiger partial charge in [-0.15, -0.1) is 11.3 Å². The van der Waals surface area contributed by atoms with Crippen LogP contribution in [0.5, 0.6) is 0 Å². The zero-order valence-corrected chi connectivity index (χ0v) is 30.2. The van der Waals surface area contributed by atoms with E-state index in [0.29, 0.717) is 0 Å². The molecule has 6 aliphatic rings. The molecule has 250 valence electrons. The fraction of sp³-hybridized carbons (Fsp3) is 0.0566. The van der Waals surface area contributed by atoms with Gasteiger partial charge in [-0.05, 0) is 112 Å². The van der Waals surface area contributed by atoms with Gasteiger partial charge in [-0.1, -0.05) is 170 Å². The number of fused-ring (bicyclic) bond motifs is 13. The van der Waals surface area contributed by atoms with E-state index in [-0.39, 0.29) is 17.3 Å². The van der Waals surface area contributed by atoms with Gasteiger partial charge in [-0.3, -0.25) is 0 Å². The first-order valence-electron chi connectivity index (χ1n) is 19.1. The summed E-state index contributed by atoms with van der Waals surface area (Å²) in [7, 11) is 0. The smallest absolute Gasteiger partial charge is 0.0740 e. The number of allylic oxidation sites excluding steroid dienone is 14. The Labute approximate surface area is 318 Å². The Kier molecular flexibility index (Phi) is 5.65. The number of benzene rings is 6. The molecule has 7 aromatic rings. The molecule has 3 atom stereocenters. The highest BCUT2D eigenvalue weighted by Gasteiger charge is 2.53.